The van der Waals surface area contributed by atoms with Gasteiger partial charge in [0.1, 0.15) is 23.5 Å². The Morgan fingerprint density at radius 3 is 2.75 bits per heavy atom. The molecule has 5 heterocycles. The number of rotatable bonds is 4. The summed E-state index contributed by atoms with van der Waals surface area (Å²) in [6, 6.07) is 0.294. The first kappa shape index (κ1) is 37.4. The Balaban J connectivity index is 1.21. The fourth-order valence-electron chi connectivity index (χ4n) is 12.2. The molecule has 0 radical (unpaired) electrons. The van der Waals surface area contributed by atoms with Crippen molar-refractivity contribution in [3.63, 3.8) is 0 Å². The van der Waals surface area contributed by atoms with Crippen molar-refractivity contribution in [3.8, 4) is 0 Å². The predicted octanol–water partition coefficient (Wildman–Crippen LogP) is 3.06. The largest absolute Gasteiger partial charge is 0.462 e. The second kappa shape index (κ2) is 14.5. The quantitative estimate of drug-likeness (QED) is 0.171. The van der Waals surface area contributed by atoms with Crippen molar-refractivity contribution >= 4 is 39.4 Å². The van der Waals surface area contributed by atoms with Crippen LogP contribution in [-0.4, -0.2) is 95.5 Å². The minimum absolute atomic E-state index is 0.0561. The number of piperidine rings is 1. The van der Waals surface area contributed by atoms with Gasteiger partial charge in [0.25, 0.3) is 0 Å². The van der Waals surface area contributed by atoms with Gasteiger partial charge in [0, 0.05) is 72.5 Å². The molecule has 12 heteroatoms. The van der Waals surface area contributed by atoms with E-state index < -0.39 is 11.2 Å². The number of nitrogens with two attached hydrogens (primary N) is 3. The van der Waals surface area contributed by atoms with Gasteiger partial charge < -0.3 is 29.7 Å². The number of amides is 1. The number of hydrogen-bond donors (Lipinski definition) is 3. The maximum absolute atomic E-state index is 14.6. The van der Waals surface area contributed by atoms with Crippen LogP contribution in [0.15, 0.2) is 23.3 Å². The average molecular weight is 759 g/mol. The van der Waals surface area contributed by atoms with E-state index in [0.29, 0.717) is 55.0 Å². The first-order chi connectivity index (χ1) is 25.0. The molecule has 3 aliphatic carbocycles. The summed E-state index contributed by atoms with van der Waals surface area (Å²) in [5.74, 6) is 2.09. The summed E-state index contributed by atoms with van der Waals surface area (Å²) in [4.78, 5) is 43.1. The Bertz CT molecular complexity index is 1490. The SMILES string of the molecule is CC=C(C)C(=O)OC1(C)CC=C2CSSC3(CCCC3)C3C(C[NH2+]C)CN3C(=O)CC3C[NH2+]C(N)CC3C2C12CC1CC3CCC(=O)OC3CC1O2. The summed E-state index contributed by atoms with van der Waals surface area (Å²) in [5.41, 5.74) is 7.10. The van der Waals surface area contributed by atoms with E-state index in [0.717, 1.165) is 63.9 Å². The fourth-order valence-corrected chi connectivity index (χ4v) is 15.9. The van der Waals surface area contributed by atoms with E-state index in [1.165, 1.54) is 18.4 Å². The summed E-state index contributed by atoms with van der Waals surface area (Å²) < 4.78 is 20.3. The molecule has 5 saturated heterocycles. The topological polar surface area (TPSA) is 141 Å². The van der Waals surface area contributed by atoms with Crippen LogP contribution in [0.2, 0.25) is 0 Å². The van der Waals surface area contributed by atoms with Crippen LogP contribution >= 0.6 is 21.6 Å². The molecule has 8 rings (SSSR count). The van der Waals surface area contributed by atoms with E-state index in [1.54, 1.807) is 0 Å². The van der Waals surface area contributed by atoms with Crippen molar-refractivity contribution in [2.45, 2.75) is 138 Å². The third-order valence-electron chi connectivity index (χ3n) is 14.9. The number of esters is 2. The number of fused-ring (bicyclic) bond motifs is 8. The van der Waals surface area contributed by atoms with Crippen molar-refractivity contribution in [3.05, 3.63) is 23.3 Å². The smallest absolute Gasteiger partial charge is 0.334 e. The maximum Gasteiger partial charge on any atom is 0.334 e. The summed E-state index contributed by atoms with van der Waals surface area (Å²) in [7, 11) is 6.21. The van der Waals surface area contributed by atoms with Gasteiger partial charge in [-0.1, -0.05) is 52.2 Å². The molecule has 0 aromatic heterocycles. The Morgan fingerprint density at radius 2 is 1.98 bits per heavy atom. The van der Waals surface area contributed by atoms with Crippen molar-refractivity contribution in [1.29, 1.82) is 0 Å². The standard InChI is InChI=1S/C40H60N4O6S2/c1-5-23(2)37(47)50-38(3)13-10-25-22-51-52-39(11-6-7-12-39)36-28(19-42-4)21-44(36)33(45)15-27-20-43-32(41)16-29(27)35(25)40(38)18-26-14-24-8-9-34(46)48-30(24)17-31(26)49-40/h5,10,24,26-32,35-36,42-43H,6-9,11-22,41H2,1-4H3/p+2. The van der Waals surface area contributed by atoms with Gasteiger partial charge >= 0.3 is 11.9 Å². The molecule has 52 heavy (non-hydrogen) atoms. The molecular formula is C40H62N4O6S2+2. The van der Waals surface area contributed by atoms with Crippen LogP contribution in [0.3, 0.4) is 0 Å². The zero-order valence-electron chi connectivity index (χ0n) is 31.7. The van der Waals surface area contributed by atoms with Crippen molar-refractivity contribution < 1.29 is 39.2 Å². The molecular weight excluding hydrogens is 697 g/mol. The lowest BCUT2D eigenvalue weighted by atomic mass is 9.56. The van der Waals surface area contributed by atoms with Crippen LogP contribution in [0, 0.1) is 35.5 Å². The zero-order valence-corrected chi connectivity index (χ0v) is 33.3. The van der Waals surface area contributed by atoms with Crippen LogP contribution in [0.5, 0.6) is 0 Å². The molecule has 0 bridgehead atoms. The molecule has 8 aliphatic rings. The highest BCUT2D eigenvalue weighted by Gasteiger charge is 2.68. The van der Waals surface area contributed by atoms with Crippen LogP contribution in [0.1, 0.15) is 97.8 Å². The molecule has 2 saturated carbocycles. The third-order valence-corrected chi connectivity index (χ3v) is 18.2. The zero-order chi connectivity index (χ0) is 36.4. The monoisotopic (exact) mass is 758 g/mol. The first-order valence-corrected chi connectivity index (χ1v) is 22.7. The summed E-state index contributed by atoms with van der Waals surface area (Å²) in [5, 5.41) is 4.54. The van der Waals surface area contributed by atoms with Gasteiger partial charge in [0.2, 0.25) is 5.91 Å². The van der Waals surface area contributed by atoms with Crippen LogP contribution < -0.4 is 16.4 Å². The lowest BCUT2D eigenvalue weighted by Gasteiger charge is -2.58. The highest BCUT2D eigenvalue weighted by Crippen LogP contribution is 2.63. The predicted molar refractivity (Wildman–Crippen MR) is 202 cm³/mol. The highest BCUT2D eigenvalue weighted by molar-refractivity contribution is 8.77. The van der Waals surface area contributed by atoms with Gasteiger partial charge in [-0.05, 0) is 70.6 Å². The van der Waals surface area contributed by atoms with Gasteiger partial charge in [0.05, 0.1) is 32.3 Å². The van der Waals surface area contributed by atoms with Crippen molar-refractivity contribution in [1.82, 2.24) is 4.90 Å². The molecule has 6 N–H and O–H groups in total. The van der Waals surface area contributed by atoms with Crippen LogP contribution in [-0.2, 0) is 28.6 Å². The Labute approximate surface area is 317 Å². The maximum atomic E-state index is 14.6. The molecule has 10 nitrogen and oxygen atoms in total. The van der Waals surface area contributed by atoms with E-state index in [4.69, 9.17) is 19.9 Å². The van der Waals surface area contributed by atoms with E-state index in [9.17, 15) is 14.4 Å². The van der Waals surface area contributed by atoms with Crippen molar-refractivity contribution in [2.24, 2.45) is 41.2 Å². The van der Waals surface area contributed by atoms with Gasteiger partial charge in [-0.3, -0.25) is 15.3 Å². The summed E-state index contributed by atoms with van der Waals surface area (Å²) >= 11 is 0. The molecule has 288 valence electrons. The Kier molecular flexibility index (Phi) is 10.4. The lowest BCUT2D eigenvalue weighted by Crippen LogP contribution is -2.96. The third kappa shape index (κ3) is 6.31. The van der Waals surface area contributed by atoms with E-state index in [2.05, 4.69) is 46.4 Å². The van der Waals surface area contributed by atoms with E-state index in [1.807, 2.05) is 30.7 Å². The molecule has 7 fully saturated rings. The Morgan fingerprint density at radius 1 is 1.17 bits per heavy atom. The van der Waals surface area contributed by atoms with Crippen LogP contribution in [0.25, 0.3) is 0 Å². The number of nitrogens with zero attached hydrogens (tertiary/aromatic N) is 1. The lowest BCUT2D eigenvalue weighted by molar-refractivity contribution is -0.706. The number of hydrogen-bond acceptors (Lipinski definition) is 9. The second-order valence-corrected chi connectivity index (χ2v) is 20.6. The van der Waals surface area contributed by atoms with Gasteiger partial charge in [-0.25, -0.2) is 4.79 Å². The van der Waals surface area contributed by atoms with E-state index in [-0.39, 0.29) is 58.7 Å². The fraction of sp³-hybridized carbons (Fsp3) is 0.825. The summed E-state index contributed by atoms with van der Waals surface area (Å²) in [6.07, 6.45) is 14.4. The number of carbonyl (C=O) groups excluding carboxylic acids is 3. The molecule has 1 amide bonds. The molecule has 5 aliphatic heterocycles. The molecule has 0 aromatic carbocycles. The molecule has 12 unspecified atom stereocenters. The van der Waals surface area contributed by atoms with E-state index >= 15 is 0 Å². The van der Waals surface area contributed by atoms with Gasteiger partial charge in [0.15, 0.2) is 0 Å². The van der Waals surface area contributed by atoms with Crippen molar-refractivity contribution in [2.75, 3.05) is 32.4 Å². The second-order valence-electron chi connectivity index (χ2n) is 17.9. The molecule has 0 aromatic rings. The number of ether oxygens (including phenoxy) is 3. The minimum Gasteiger partial charge on any atom is -0.462 e. The molecule has 2 spiro atoms. The number of allylic oxidation sites excluding steroid dienone is 1. The van der Waals surface area contributed by atoms with Gasteiger partial charge in [-0.15, -0.1) is 0 Å². The highest BCUT2D eigenvalue weighted by atomic mass is 33.1. The Hall–Kier alpha value is -1.57. The minimum atomic E-state index is -0.921. The van der Waals surface area contributed by atoms with Crippen LogP contribution in [0.4, 0.5) is 0 Å². The molecule has 12 atom stereocenters. The summed E-state index contributed by atoms with van der Waals surface area (Å²) in [6.45, 7) is 8.54. The van der Waals surface area contributed by atoms with Gasteiger partial charge in [-0.2, -0.15) is 0 Å². The number of carbonyl (C=O) groups is 3. The normalized spacial score (nSPS) is 44.5. The first-order valence-electron chi connectivity index (χ1n) is 20.4. The average Bonchev–Trinajstić information content (AvgIpc) is 3.72. The number of quaternary nitrogens is 2.